The number of anilines is 1. The average molecular weight is 552 g/mol. The molecule has 37 heavy (non-hydrogen) atoms. The summed E-state index contributed by atoms with van der Waals surface area (Å²) < 4.78 is 32.8. The van der Waals surface area contributed by atoms with E-state index in [1.807, 2.05) is 26.4 Å². The first-order valence-electron chi connectivity index (χ1n) is 12.4. The van der Waals surface area contributed by atoms with E-state index < -0.39 is 10.0 Å². The Hall–Kier alpha value is -2.40. The minimum atomic E-state index is -3.74. The Bertz CT molecular complexity index is 1190. The summed E-state index contributed by atoms with van der Waals surface area (Å²) in [5.41, 5.74) is 2.29. The molecule has 2 heterocycles. The fourth-order valence-corrected chi connectivity index (χ4v) is 6.54. The monoisotopic (exact) mass is 551 g/mol. The Morgan fingerprint density at radius 3 is 2.32 bits per heavy atom. The van der Waals surface area contributed by atoms with E-state index in [-0.39, 0.29) is 29.8 Å². The lowest BCUT2D eigenvalue weighted by molar-refractivity contribution is -0.122. The maximum absolute atomic E-state index is 13.2. The number of nitrogens with one attached hydrogen (secondary N) is 1. The van der Waals surface area contributed by atoms with E-state index in [0.717, 1.165) is 43.9 Å². The number of piperidine rings is 1. The Kier molecular flexibility index (Phi) is 9.80. The van der Waals surface area contributed by atoms with E-state index in [9.17, 15) is 13.2 Å². The summed E-state index contributed by atoms with van der Waals surface area (Å²) in [6.07, 6.45) is 3.47. The lowest BCUT2D eigenvalue weighted by Crippen LogP contribution is -2.45. The van der Waals surface area contributed by atoms with E-state index in [2.05, 4.69) is 20.1 Å². The van der Waals surface area contributed by atoms with Crippen molar-refractivity contribution in [3.63, 3.8) is 0 Å². The van der Waals surface area contributed by atoms with E-state index >= 15 is 0 Å². The molecule has 0 atom stereocenters. The zero-order valence-electron chi connectivity index (χ0n) is 22.5. The molecule has 1 saturated heterocycles. The number of pyridine rings is 1. The van der Waals surface area contributed by atoms with Crippen molar-refractivity contribution in [2.45, 2.75) is 50.6 Å². The van der Waals surface area contributed by atoms with E-state index in [1.165, 1.54) is 11.4 Å². The van der Waals surface area contributed by atoms with Gasteiger partial charge in [-0.2, -0.15) is 0 Å². The molecule has 0 radical (unpaired) electrons. The van der Waals surface area contributed by atoms with Crippen molar-refractivity contribution in [2.24, 2.45) is 0 Å². The van der Waals surface area contributed by atoms with Crippen molar-refractivity contribution in [2.75, 3.05) is 52.8 Å². The summed E-state index contributed by atoms with van der Waals surface area (Å²) in [5, 5.41) is 3.69. The maximum atomic E-state index is 13.2. The average Bonchev–Trinajstić information content (AvgIpc) is 2.82. The van der Waals surface area contributed by atoms with Crippen molar-refractivity contribution in [1.29, 1.82) is 0 Å². The van der Waals surface area contributed by atoms with Crippen LogP contribution in [0.25, 0.3) is 0 Å². The van der Waals surface area contributed by atoms with Gasteiger partial charge in [0.15, 0.2) is 0 Å². The molecule has 0 spiro atoms. The van der Waals surface area contributed by atoms with Gasteiger partial charge in [-0.05, 0) is 75.7 Å². The predicted octanol–water partition coefficient (Wildman–Crippen LogP) is 3.22. The number of aryl methyl sites for hydroxylation is 2. The van der Waals surface area contributed by atoms with Crippen LogP contribution in [-0.4, -0.2) is 82.4 Å². The molecule has 0 unspecified atom stereocenters. The third-order valence-corrected chi connectivity index (χ3v) is 8.97. The fourth-order valence-electron chi connectivity index (χ4n) is 4.66. The van der Waals surface area contributed by atoms with Gasteiger partial charge in [-0.1, -0.05) is 11.6 Å². The first kappa shape index (κ1) is 29.2. The highest BCUT2D eigenvalue weighted by Gasteiger charge is 2.27. The van der Waals surface area contributed by atoms with E-state index in [1.54, 1.807) is 33.1 Å². The molecule has 3 rings (SSSR count). The molecule has 1 N–H and O–H groups in total. The molecule has 1 aromatic carbocycles. The number of carbonyl (C=O) groups excluding carboxylic acids is 1. The Labute approximate surface area is 225 Å². The number of aromatic nitrogens is 1. The van der Waals surface area contributed by atoms with Crippen LogP contribution in [-0.2, 0) is 21.4 Å². The molecular weight excluding hydrogens is 514 g/mol. The van der Waals surface area contributed by atoms with Crippen LogP contribution >= 0.6 is 11.6 Å². The standard InChI is InChI=1S/C26H38ClN5O4S/c1-18-13-22(36-6)14-19(2)25(18)37(34,35)31(5)10-9-24(33)29-21-7-11-32(12-8-21)26-23(27)15-20(16-28-26)17-30(3)4/h13-16,21H,7-12,17H2,1-6H3,(H,29,33). The van der Waals surface area contributed by atoms with Crippen molar-refractivity contribution in [3.05, 3.63) is 46.1 Å². The van der Waals surface area contributed by atoms with Crippen molar-refractivity contribution >= 4 is 33.3 Å². The number of methoxy groups -OCH3 is 1. The Balaban J connectivity index is 1.51. The number of nitrogens with zero attached hydrogens (tertiary/aromatic N) is 4. The number of halogens is 1. The molecule has 204 valence electrons. The lowest BCUT2D eigenvalue weighted by Gasteiger charge is -2.33. The molecular formula is C26H38ClN5O4S. The number of hydrogen-bond acceptors (Lipinski definition) is 7. The molecule has 1 aliphatic heterocycles. The maximum Gasteiger partial charge on any atom is 0.243 e. The van der Waals surface area contributed by atoms with Crippen LogP contribution in [0, 0.1) is 13.8 Å². The van der Waals surface area contributed by atoms with Crippen molar-refractivity contribution in [3.8, 4) is 5.75 Å². The van der Waals surface area contributed by atoms with Crippen molar-refractivity contribution < 1.29 is 17.9 Å². The molecule has 1 aromatic heterocycles. The largest absolute Gasteiger partial charge is 0.497 e. The van der Waals surface area contributed by atoms with Gasteiger partial charge in [-0.15, -0.1) is 0 Å². The first-order valence-corrected chi connectivity index (χ1v) is 14.2. The highest BCUT2D eigenvalue weighted by atomic mass is 35.5. The topological polar surface area (TPSA) is 95.1 Å². The number of benzene rings is 1. The normalized spacial score (nSPS) is 14.9. The summed E-state index contributed by atoms with van der Waals surface area (Å²) in [5.74, 6) is 1.22. The molecule has 2 aromatic rings. The van der Waals surface area contributed by atoms with Crippen LogP contribution in [0.4, 0.5) is 5.82 Å². The van der Waals surface area contributed by atoms with Gasteiger partial charge >= 0.3 is 0 Å². The second kappa shape index (κ2) is 12.4. The molecule has 0 bridgehead atoms. The molecule has 11 heteroatoms. The predicted molar refractivity (Wildman–Crippen MR) is 147 cm³/mol. The molecule has 9 nitrogen and oxygen atoms in total. The van der Waals surface area contributed by atoms with Crippen molar-refractivity contribution in [1.82, 2.24) is 19.5 Å². The summed E-state index contributed by atoms with van der Waals surface area (Å²) in [6.45, 7) is 5.82. The van der Waals surface area contributed by atoms with Gasteiger partial charge in [0.2, 0.25) is 15.9 Å². The van der Waals surface area contributed by atoms with E-state index in [0.29, 0.717) is 21.9 Å². The lowest BCUT2D eigenvalue weighted by atomic mass is 10.0. The Morgan fingerprint density at radius 2 is 1.78 bits per heavy atom. The first-order chi connectivity index (χ1) is 17.4. The molecule has 1 aliphatic rings. The summed E-state index contributed by atoms with van der Waals surface area (Å²) in [4.78, 5) is 21.7. The smallest absolute Gasteiger partial charge is 0.243 e. The fraction of sp³-hybridized carbons (Fsp3) is 0.538. The van der Waals surface area contributed by atoms with Crippen LogP contribution in [0.3, 0.4) is 0 Å². The number of ether oxygens (including phenoxy) is 1. The van der Waals surface area contributed by atoms with Gasteiger partial charge < -0.3 is 19.9 Å². The highest BCUT2D eigenvalue weighted by Crippen LogP contribution is 2.29. The van der Waals surface area contributed by atoms with Gasteiger partial charge in [-0.3, -0.25) is 4.79 Å². The second-order valence-electron chi connectivity index (χ2n) is 9.88. The van der Waals surface area contributed by atoms with Gasteiger partial charge in [0.05, 0.1) is 17.0 Å². The number of carbonyl (C=O) groups is 1. The quantitative estimate of drug-likeness (QED) is 0.484. The number of sulfonamides is 1. The van der Waals surface area contributed by atoms with Crippen LogP contribution in [0.5, 0.6) is 5.75 Å². The van der Waals surface area contributed by atoms with E-state index in [4.69, 9.17) is 16.3 Å². The van der Waals surface area contributed by atoms with Crippen LogP contribution in [0.15, 0.2) is 29.3 Å². The zero-order valence-corrected chi connectivity index (χ0v) is 24.1. The summed E-state index contributed by atoms with van der Waals surface area (Å²) >= 11 is 6.50. The SMILES string of the molecule is COc1cc(C)c(S(=O)(=O)N(C)CCC(=O)NC2CCN(c3ncc(CN(C)C)cc3Cl)CC2)c(C)c1. The number of rotatable bonds is 10. The van der Waals surface area contributed by atoms with Crippen LogP contribution in [0.2, 0.25) is 5.02 Å². The third kappa shape index (κ3) is 7.34. The molecule has 1 amide bonds. The van der Waals surface area contributed by atoms with Gasteiger partial charge in [-0.25, -0.2) is 17.7 Å². The van der Waals surface area contributed by atoms with Crippen LogP contribution < -0.4 is 15.0 Å². The second-order valence-corrected chi connectivity index (χ2v) is 12.3. The highest BCUT2D eigenvalue weighted by molar-refractivity contribution is 7.89. The van der Waals surface area contributed by atoms with Gasteiger partial charge in [0.1, 0.15) is 11.6 Å². The third-order valence-electron chi connectivity index (χ3n) is 6.53. The Morgan fingerprint density at radius 1 is 1.16 bits per heavy atom. The minimum absolute atomic E-state index is 0.0310. The van der Waals surface area contributed by atoms with Gasteiger partial charge in [0, 0.05) is 51.9 Å². The zero-order chi connectivity index (χ0) is 27.3. The summed E-state index contributed by atoms with van der Waals surface area (Å²) in [6, 6.07) is 5.39. The van der Waals surface area contributed by atoms with Crippen LogP contribution in [0.1, 0.15) is 36.0 Å². The van der Waals surface area contributed by atoms with Gasteiger partial charge in [0.25, 0.3) is 0 Å². The molecule has 0 aliphatic carbocycles. The minimum Gasteiger partial charge on any atom is -0.497 e. The molecule has 0 saturated carbocycles. The molecule has 1 fully saturated rings. The number of hydrogen-bond donors (Lipinski definition) is 1. The number of amides is 1. The summed E-state index contributed by atoms with van der Waals surface area (Å²) in [7, 11) is 3.32.